The minimum absolute atomic E-state index is 0.0374. The molecule has 1 saturated carbocycles. The summed E-state index contributed by atoms with van der Waals surface area (Å²) in [5.41, 5.74) is 6.31. The molecule has 2 N–H and O–H groups in total. The van der Waals surface area contributed by atoms with Gasteiger partial charge in [0, 0.05) is 13.2 Å². The van der Waals surface area contributed by atoms with Crippen LogP contribution in [0.5, 0.6) is 0 Å². The van der Waals surface area contributed by atoms with Crippen molar-refractivity contribution in [2.75, 3.05) is 13.2 Å². The van der Waals surface area contributed by atoms with Gasteiger partial charge in [-0.25, -0.2) is 0 Å². The first-order valence-electron chi connectivity index (χ1n) is 5.80. The van der Waals surface area contributed by atoms with Crippen molar-refractivity contribution in [1.29, 1.82) is 0 Å². The summed E-state index contributed by atoms with van der Waals surface area (Å²) in [4.78, 5) is 0. The van der Waals surface area contributed by atoms with E-state index in [1.165, 1.54) is 12.8 Å². The summed E-state index contributed by atoms with van der Waals surface area (Å²) < 4.78 is 5.90. The van der Waals surface area contributed by atoms with E-state index in [0.717, 1.165) is 13.0 Å². The molecule has 0 bridgehead atoms. The summed E-state index contributed by atoms with van der Waals surface area (Å²) >= 11 is 0. The molecule has 0 aromatic rings. The standard InChI is InChI=1S/C12H25NO/c1-5-14-12(9-13)7-6-11(3,4)8-10(12)2/h10H,5-9,13H2,1-4H3. The monoisotopic (exact) mass is 199 g/mol. The largest absolute Gasteiger partial charge is 0.374 e. The second-order valence-corrected chi connectivity index (χ2v) is 5.47. The van der Waals surface area contributed by atoms with Crippen LogP contribution in [0.25, 0.3) is 0 Å². The lowest BCUT2D eigenvalue weighted by Gasteiger charge is -2.47. The van der Waals surface area contributed by atoms with Crippen LogP contribution in [0.2, 0.25) is 0 Å². The Labute approximate surface area is 88.2 Å². The van der Waals surface area contributed by atoms with Crippen LogP contribution in [0.1, 0.15) is 47.0 Å². The maximum Gasteiger partial charge on any atom is 0.0829 e. The molecule has 84 valence electrons. The molecule has 1 fully saturated rings. The van der Waals surface area contributed by atoms with Gasteiger partial charge in [0.1, 0.15) is 0 Å². The Morgan fingerprint density at radius 1 is 1.36 bits per heavy atom. The fourth-order valence-corrected chi connectivity index (χ4v) is 2.78. The summed E-state index contributed by atoms with van der Waals surface area (Å²) in [7, 11) is 0. The van der Waals surface area contributed by atoms with Crippen LogP contribution >= 0.6 is 0 Å². The molecular weight excluding hydrogens is 174 g/mol. The van der Waals surface area contributed by atoms with E-state index in [0.29, 0.717) is 17.9 Å². The molecule has 2 unspecified atom stereocenters. The Morgan fingerprint density at radius 3 is 2.43 bits per heavy atom. The van der Waals surface area contributed by atoms with Crippen LogP contribution in [-0.2, 0) is 4.74 Å². The Morgan fingerprint density at radius 2 is 2.00 bits per heavy atom. The molecule has 1 aliphatic carbocycles. The van der Waals surface area contributed by atoms with Crippen molar-refractivity contribution in [3.63, 3.8) is 0 Å². The van der Waals surface area contributed by atoms with E-state index in [-0.39, 0.29) is 5.60 Å². The highest BCUT2D eigenvalue weighted by Gasteiger charge is 2.43. The summed E-state index contributed by atoms with van der Waals surface area (Å²) in [6.45, 7) is 10.5. The van der Waals surface area contributed by atoms with Crippen LogP contribution in [0, 0.1) is 11.3 Å². The molecule has 1 rings (SSSR count). The van der Waals surface area contributed by atoms with E-state index >= 15 is 0 Å². The topological polar surface area (TPSA) is 35.2 Å². The number of nitrogens with two attached hydrogens (primary N) is 1. The zero-order valence-corrected chi connectivity index (χ0v) is 10.1. The second-order valence-electron chi connectivity index (χ2n) is 5.47. The maximum absolute atomic E-state index is 5.90. The normalized spacial score (nSPS) is 37.1. The minimum Gasteiger partial charge on any atom is -0.374 e. The molecule has 0 radical (unpaired) electrons. The van der Waals surface area contributed by atoms with Gasteiger partial charge in [0.2, 0.25) is 0 Å². The van der Waals surface area contributed by atoms with Crippen molar-refractivity contribution in [2.24, 2.45) is 17.1 Å². The van der Waals surface area contributed by atoms with E-state index in [4.69, 9.17) is 10.5 Å². The predicted molar refractivity (Wildman–Crippen MR) is 60.2 cm³/mol. The average Bonchev–Trinajstić information content (AvgIpc) is 2.10. The first kappa shape index (κ1) is 12.0. The van der Waals surface area contributed by atoms with Crippen molar-refractivity contribution in [3.8, 4) is 0 Å². The van der Waals surface area contributed by atoms with Gasteiger partial charge < -0.3 is 10.5 Å². The molecule has 1 aliphatic rings. The van der Waals surface area contributed by atoms with Crippen molar-refractivity contribution in [1.82, 2.24) is 0 Å². The average molecular weight is 199 g/mol. The van der Waals surface area contributed by atoms with Gasteiger partial charge in [0.15, 0.2) is 0 Å². The number of hydrogen-bond acceptors (Lipinski definition) is 2. The maximum atomic E-state index is 5.90. The highest BCUT2D eigenvalue weighted by Crippen LogP contribution is 2.45. The van der Waals surface area contributed by atoms with E-state index < -0.39 is 0 Å². The van der Waals surface area contributed by atoms with Gasteiger partial charge in [0.25, 0.3) is 0 Å². The quantitative estimate of drug-likeness (QED) is 0.758. The van der Waals surface area contributed by atoms with Crippen LogP contribution < -0.4 is 5.73 Å². The molecule has 0 aromatic heterocycles. The highest BCUT2D eigenvalue weighted by atomic mass is 16.5. The third-order valence-corrected chi connectivity index (χ3v) is 3.76. The molecule has 0 saturated heterocycles. The van der Waals surface area contributed by atoms with E-state index in [9.17, 15) is 0 Å². The Kier molecular flexibility index (Phi) is 3.59. The molecular formula is C12H25NO. The van der Waals surface area contributed by atoms with Crippen LogP contribution in [0.3, 0.4) is 0 Å². The Hall–Kier alpha value is -0.0800. The third-order valence-electron chi connectivity index (χ3n) is 3.76. The Balaban J connectivity index is 2.71. The zero-order valence-electron chi connectivity index (χ0n) is 10.1. The van der Waals surface area contributed by atoms with Crippen molar-refractivity contribution in [3.05, 3.63) is 0 Å². The van der Waals surface area contributed by atoms with Crippen LogP contribution in [-0.4, -0.2) is 18.8 Å². The number of rotatable bonds is 3. The summed E-state index contributed by atoms with van der Waals surface area (Å²) in [5, 5.41) is 0. The van der Waals surface area contributed by atoms with Crippen molar-refractivity contribution >= 4 is 0 Å². The predicted octanol–water partition coefficient (Wildman–Crippen LogP) is 2.57. The summed E-state index contributed by atoms with van der Waals surface area (Å²) in [5.74, 6) is 0.580. The molecule has 0 spiro atoms. The molecule has 0 heterocycles. The lowest BCUT2D eigenvalue weighted by atomic mass is 9.65. The number of hydrogen-bond donors (Lipinski definition) is 1. The first-order valence-corrected chi connectivity index (χ1v) is 5.80. The lowest BCUT2D eigenvalue weighted by Crippen LogP contribution is -2.51. The SMILES string of the molecule is CCOC1(CN)CCC(C)(C)CC1C. The fraction of sp³-hybridized carbons (Fsp3) is 1.00. The molecule has 14 heavy (non-hydrogen) atoms. The van der Waals surface area contributed by atoms with E-state index in [1.54, 1.807) is 0 Å². The van der Waals surface area contributed by atoms with Gasteiger partial charge in [-0.2, -0.15) is 0 Å². The van der Waals surface area contributed by atoms with E-state index in [1.807, 2.05) is 0 Å². The second kappa shape index (κ2) is 4.19. The molecule has 2 nitrogen and oxygen atoms in total. The molecule has 0 amide bonds. The van der Waals surface area contributed by atoms with E-state index in [2.05, 4.69) is 27.7 Å². The Bertz CT molecular complexity index is 191. The highest BCUT2D eigenvalue weighted by molar-refractivity contribution is 4.95. The smallest absolute Gasteiger partial charge is 0.0829 e. The number of ether oxygens (including phenoxy) is 1. The summed E-state index contributed by atoms with van der Waals surface area (Å²) in [6, 6.07) is 0. The molecule has 2 heteroatoms. The summed E-state index contributed by atoms with van der Waals surface area (Å²) in [6.07, 6.45) is 3.57. The van der Waals surface area contributed by atoms with Crippen molar-refractivity contribution in [2.45, 2.75) is 52.6 Å². The van der Waals surface area contributed by atoms with Gasteiger partial charge >= 0.3 is 0 Å². The lowest BCUT2D eigenvalue weighted by molar-refractivity contribution is -0.112. The molecule has 0 aliphatic heterocycles. The molecule has 0 aromatic carbocycles. The van der Waals surface area contributed by atoms with Crippen molar-refractivity contribution < 1.29 is 4.74 Å². The van der Waals surface area contributed by atoms with Gasteiger partial charge in [-0.05, 0) is 37.5 Å². The van der Waals surface area contributed by atoms with Gasteiger partial charge in [0.05, 0.1) is 5.60 Å². The van der Waals surface area contributed by atoms with Gasteiger partial charge in [-0.3, -0.25) is 0 Å². The van der Waals surface area contributed by atoms with Crippen LogP contribution in [0.15, 0.2) is 0 Å². The minimum atomic E-state index is -0.0374. The third kappa shape index (κ3) is 2.29. The van der Waals surface area contributed by atoms with Gasteiger partial charge in [-0.15, -0.1) is 0 Å². The first-order chi connectivity index (χ1) is 6.46. The van der Waals surface area contributed by atoms with Crippen LogP contribution in [0.4, 0.5) is 0 Å². The molecule has 2 atom stereocenters. The zero-order chi connectivity index (χ0) is 10.8. The fourth-order valence-electron chi connectivity index (χ4n) is 2.78. The van der Waals surface area contributed by atoms with Gasteiger partial charge in [-0.1, -0.05) is 20.8 Å².